The minimum Gasteiger partial charge on any atom is -0.467 e. The van der Waals surface area contributed by atoms with Crippen molar-refractivity contribution in [2.75, 3.05) is 14.2 Å². The average Bonchev–Trinajstić information content (AvgIpc) is 2.45. The topological polar surface area (TPSA) is 64.6 Å². The lowest BCUT2D eigenvalue weighted by molar-refractivity contribution is -0.146. The Morgan fingerprint density at radius 2 is 1.90 bits per heavy atom. The summed E-state index contributed by atoms with van der Waals surface area (Å²) in [7, 11) is 3.04. The number of carbonyl (C=O) groups excluding carboxylic acids is 2. The van der Waals surface area contributed by atoms with Crippen molar-refractivity contribution in [3.05, 3.63) is 0 Å². The Bertz CT molecular complexity index is 356. The van der Waals surface area contributed by atoms with Gasteiger partial charge in [0.05, 0.1) is 13.2 Å². The Kier molecular flexibility index (Phi) is 7.15. The van der Waals surface area contributed by atoms with E-state index in [0.29, 0.717) is 18.3 Å². The average molecular weight is 299 g/mol. The zero-order valence-corrected chi connectivity index (χ0v) is 13.8. The largest absolute Gasteiger partial charge is 0.467 e. The van der Waals surface area contributed by atoms with Gasteiger partial charge in [0.25, 0.3) is 0 Å². The quantitative estimate of drug-likeness (QED) is 0.763. The SMILES string of the molecule is COC(=O)[C@@H](CC(C)C)NC(=O)C1CCC(C)C(OC)C1. The minimum atomic E-state index is -0.553. The van der Waals surface area contributed by atoms with Gasteiger partial charge in [0.2, 0.25) is 5.91 Å². The molecule has 122 valence electrons. The van der Waals surface area contributed by atoms with Gasteiger partial charge in [-0.3, -0.25) is 4.79 Å². The molecule has 1 N–H and O–H groups in total. The molecule has 3 unspecified atom stereocenters. The summed E-state index contributed by atoms with van der Waals surface area (Å²) in [5.41, 5.74) is 0. The molecule has 5 heteroatoms. The molecule has 1 amide bonds. The predicted octanol–water partition coefficient (Wildman–Crippen LogP) is 2.14. The van der Waals surface area contributed by atoms with E-state index < -0.39 is 6.04 Å². The maximum Gasteiger partial charge on any atom is 0.328 e. The van der Waals surface area contributed by atoms with E-state index in [1.165, 1.54) is 7.11 Å². The second kappa shape index (κ2) is 8.37. The molecule has 1 rings (SSSR count). The molecular formula is C16H29NO4. The molecule has 0 aliphatic heterocycles. The molecule has 21 heavy (non-hydrogen) atoms. The Balaban J connectivity index is 2.62. The van der Waals surface area contributed by atoms with Crippen LogP contribution in [0.15, 0.2) is 0 Å². The maximum absolute atomic E-state index is 12.4. The molecule has 0 spiro atoms. The van der Waals surface area contributed by atoms with Gasteiger partial charge < -0.3 is 14.8 Å². The molecule has 1 fully saturated rings. The fourth-order valence-electron chi connectivity index (χ4n) is 2.96. The molecule has 0 heterocycles. The second-order valence-corrected chi connectivity index (χ2v) is 6.48. The van der Waals surface area contributed by atoms with Gasteiger partial charge in [-0.1, -0.05) is 20.8 Å². The monoisotopic (exact) mass is 299 g/mol. The van der Waals surface area contributed by atoms with Gasteiger partial charge in [-0.2, -0.15) is 0 Å². The lowest BCUT2D eigenvalue weighted by Gasteiger charge is -2.33. The van der Waals surface area contributed by atoms with Gasteiger partial charge in [-0.05, 0) is 37.5 Å². The zero-order chi connectivity index (χ0) is 16.0. The smallest absolute Gasteiger partial charge is 0.328 e. The predicted molar refractivity (Wildman–Crippen MR) is 80.7 cm³/mol. The number of nitrogens with one attached hydrogen (secondary N) is 1. The number of amides is 1. The normalized spacial score (nSPS) is 27.2. The molecule has 1 saturated carbocycles. The number of hydrogen-bond donors (Lipinski definition) is 1. The van der Waals surface area contributed by atoms with Gasteiger partial charge in [-0.15, -0.1) is 0 Å². The highest BCUT2D eigenvalue weighted by atomic mass is 16.5. The summed E-state index contributed by atoms with van der Waals surface area (Å²) in [5, 5.41) is 2.86. The molecule has 0 aromatic carbocycles. The molecule has 0 aromatic rings. The summed E-state index contributed by atoms with van der Waals surface area (Å²) in [6.45, 7) is 6.19. The van der Waals surface area contributed by atoms with E-state index in [1.807, 2.05) is 13.8 Å². The standard InChI is InChI=1S/C16H29NO4/c1-10(2)8-13(16(19)21-5)17-15(18)12-7-6-11(3)14(9-12)20-4/h10-14H,6-9H2,1-5H3,(H,17,18)/t11?,12?,13-,14?/m1/s1. The Morgan fingerprint density at radius 3 is 2.43 bits per heavy atom. The summed E-state index contributed by atoms with van der Waals surface area (Å²) in [4.78, 5) is 24.2. The maximum atomic E-state index is 12.4. The van der Waals surface area contributed by atoms with Crippen LogP contribution in [0.1, 0.15) is 46.5 Å². The van der Waals surface area contributed by atoms with Crippen LogP contribution in [0.3, 0.4) is 0 Å². The van der Waals surface area contributed by atoms with Crippen LogP contribution < -0.4 is 5.32 Å². The highest BCUT2D eigenvalue weighted by Crippen LogP contribution is 2.30. The number of hydrogen-bond acceptors (Lipinski definition) is 4. The highest BCUT2D eigenvalue weighted by molar-refractivity contribution is 5.85. The first-order valence-corrected chi connectivity index (χ1v) is 7.80. The molecule has 0 saturated heterocycles. The first-order chi connectivity index (χ1) is 9.88. The van der Waals surface area contributed by atoms with Gasteiger partial charge in [-0.25, -0.2) is 4.79 Å². The van der Waals surface area contributed by atoms with Crippen LogP contribution in [0.4, 0.5) is 0 Å². The molecular weight excluding hydrogens is 270 g/mol. The van der Waals surface area contributed by atoms with Crippen molar-refractivity contribution in [2.24, 2.45) is 17.8 Å². The summed E-state index contributed by atoms with van der Waals surface area (Å²) < 4.78 is 10.2. The fourth-order valence-corrected chi connectivity index (χ4v) is 2.96. The van der Waals surface area contributed by atoms with Gasteiger partial charge >= 0.3 is 5.97 Å². The van der Waals surface area contributed by atoms with E-state index in [0.717, 1.165) is 19.3 Å². The molecule has 1 aliphatic rings. The van der Waals surface area contributed by atoms with Crippen molar-refractivity contribution < 1.29 is 19.1 Å². The second-order valence-electron chi connectivity index (χ2n) is 6.48. The summed E-state index contributed by atoms with van der Waals surface area (Å²) >= 11 is 0. The van der Waals surface area contributed by atoms with Crippen LogP contribution in [-0.4, -0.2) is 38.2 Å². The molecule has 4 atom stereocenters. The van der Waals surface area contributed by atoms with Crippen LogP contribution in [0.25, 0.3) is 0 Å². The number of carbonyl (C=O) groups is 2. The van der Waals surface area contributed by atoms with Crippen LogP contribution >= 0.6 is 0 Å². The molecule has 0 radical (unpaired) electrons. The van der Waals surface area contributed by atoms with Crippen molar-refractivity contribution >= 4 is 11.9 Å². The summed E-state index contributed by atoms with van der Waals surface area (Å²) in [6, 6.07) is -0.553. The van der Waals surface area contributed by atoms with Crippen LogP contribution in [0, 0.1) is 17.8 Å². The van der Waals surface area contributed by atoms with E-state index in [-0.39, 0.29) is 23.9 Å². The summed E-state index contributed by atoms with van der Waals surface area (Å²) in [6.07, 6.45) is 3.26. The zero-order valence-electron chi connectivity index (χ0n) is 13.8. The van der Waals surface area contributed by atoms with E-state index in [4.69, 9.17) is 9.47 Å². The van der Waals surface area contributed by atoms with Gasteiger partial charge in [0, 0.05) is 13.0 Å². The van der Waals surface area contributed by atoms with Crippen molar-refractivity contribution in [1.29, 1.82) is 0 Å². The van der Waals surface area contributed by atoms with Gasteiger partial charge in [0.15, 0.2) is 0 Å². The van der Waals surface area contributed by atoms with Crippen LogP contribution in [-0.2, 0) is 19.1 Å². The third-order valence-electron chi connectivity index (χ3n) is 4.30. The minimum absolute atomic E-state index is 0.0556. The third kappa shape index (κ3) is 5.30. The fraction of sp³-hybridized carbons (Fsp3) is 0.875. The third-order valence-corrected chi connectivity index (χ3v) is 4.30. The number of esters is 1. The Labute approximate surface area is 127 Å². The van der Waals surface area contributed by atoms with Crippen molar-refractivity contribution in [1.82, 2.24) is 5.32 Å². The van der Waals surface area contributed by atoms with E-state index >= 15 is 0 Å². The van der Waals surface area contributed by atoms with E-state index in [2.05, 4.69) is 12.2 Å². The lowest BCUT2D eigenvalue weighted by Crippen LogP contribution is -2.46. The molecule has 5 nitrogen and oxygen atoms in total. The van der Waals surface area contributed by atoms with Gasteiger partial charge in [0.1, 0.15) is 6.04 Å². The van der Waals surface area contributed by atoms with Crippen molar-refractivity contribution in [2.45, 2.75) is 58.6 Å². The van der Waals surface area contributed by atoms with Crippen molar-refractivity contribution in [3.63, 3.8) is 0 Å². The number of rotatable bonds is 6. The van der Waals surface area contributed by atoms with Crippen molar-refractivity contribution in [3.8, 4) is 0 Å². The lowest BCUT2D eigenvalue weighted by atomic mass is 9.80. The number of ether oxygens (including phenoxy) is 2. The Morgan fingerprint density at radius 1 is 1.24 bits per heavy atom. The van der Waals surface area contributed by atoms with Crippen LogP contribution in [0.2, 0.25) is 0 Å². The first kappa shape index (κ1) is 18.0. The number of methoxy groups -OCH3 is 2. The Hall–Kier alpha value is -1.10. The molecule has 1 aliphatic carbocycles. The first-order valence-electron chi connectivity index (χ1n) is 7.80. The molecule has 0 aromatic heterocycles. The van der Waals surface area contributed by atoms with E-state index in [9.17, 15) is 9.59 Å². The van der Waals surface area contributed by atoms with E-state index in [1.54, 1.807) is 7.11 Å². The highest BCUT2D eigenvalue weighted by Gasteiger charge is 2.33. The van der Waals surface area contributed by atoms with Crippen LogP contribution in [0.5, 0.6) is 0 Å². The summed E-state index contributed by atoms with van der Waals surface area (Å²) in [5.74, 6) is 0.286. The molecule has 0 bridgehead atoms.